The number of carbonyl (C=O) groups is 1. The Morgan fingerprint density at radius 3 is 2.52 bits per heavy atom. The zero-order chi connectivity index (χ0) is 16.2. The Kier molecular flexibility index (Phi) is 5.92. The monoisotopic (exact) mass is 320 g/mol. The van der Waals surface area contributed by atoms with Crippen molar-refractivity contribution in [2.75, 3.05) is 6.54 Å². The molecule has 118 valence electrons. The van der Waals surface area contributed by atoms with Gasteiger partial charge in [-0.25, -0.2) is 13.6 Å². The van der Waals surface area contributed by atoms with Gasteiger partial charge in [0.15, 0.2) is 11.6 Å². The third-order valence-corrected chi connectivity index (χ3v) is 2.83. The van der Waals surface area contributed by atoms with Crippen LogP contribution in [-0.2, 0) is 11.2 Å². The second-order valence-electron chi connectivity index (χ2n) is 5.70. The van der Waals surface area contributed by atoms with Crippen LogP contribution in [0.4, 0.5) is 13.6 Å². The van der Waals surface area contributed by atoms with E-state index >= 15 is 0 Å². The molecule has 1 amide bonds. The highest BCUT2D eigenvalue weighted by atomic mass is 35.5. The van der Waals surface area contributed by atoms with Gasteiger partial charge in [-0.15, -0.1) is 0 Å². The molecule has 1 aromatic rings. The molecule has 0 radical (unpaired) electrons. The predicted molar refractivity (Wildman–Crippen MR) is 77.3 cm³/mol. The second-order valence-corrected chi connectivity index (χ2v) is 6.11. The highest BCUT2D eigenvalue weighted by Crippen LogP contribution is 2.21. The Labute approximate surface area is 127 Å². The minimum Gasteiger partial charge on any atom is -0.444 e. The number of hydrogen-bond donors (Lipinski definition) is 2. The Balaban J connectivity index is 2.53. The number of amides is 1. The van der Waals surface area contributed by atoms with Gasteiger partial charge >= 0.3 is 6.09 Å². The van der Waals surface area contributed by atoms with Gasteiger partial charge in [0.1, 0.15) is 5.60 Å². The van der Waals surface area contributed by atoms with Gasteiger partial charge in [0.2, 0.25) is 0 Å². The zero-order valence-corrected chi connectivity index (χ0v) is 12.9. The molecule has 0 aliphatic carbocycles. The van der Waals surface area contributed by atoms with Crippen molar-refractivity contribution < 1.29 is 18.3 Å². The summed E-state index contributed by atoms with van der Waals surface area (Å²) < 4.78 is 31.1. The highest BCUT2D eigenvalue weighted by Gasteiger charge is 2.17. The number of nitrogens with one attached hydrogen (secondary N) is 1. The van der Waals surface area contributed by atoms with Crippen LogP contribution in [-0.4, -0.2) is 24.3 Å². The van der Waals surface area contributed by atoms with Crippen LogP contribution in [0.1, 0.15) is 26.3 Å². The van der Waals surface area contributed by atoms with Gasteiger partial charge in [0.25, 0.3) is 0 Å². The first kappa shape index (κ1) is 17.7. The molecule has 0 aliphatic heterocycles. The minimum atomic E-state index is -1.01. The Morgan fingerprint density at radius 1 is 1.38 bits per heavy atom. The smallest absolute Gasteiger partial charge is 0.407 e. The average Bonchev–Trinajstić information content (AvgIpc) is 2.31. The van der Waals surface area contributed by atoms with Crippen molar-refractivity contribution in [2.24, 2.45) is 5.73 Å². The standard InChI is InChI=1S/C14H19ClF2N2O2/c1-14(2,3)21-13(20)19-7-9(18)4-8-5-11(16)12(17)6-10(8)15/h5-6,9H,4,7,18H2,1-3H3,(H,19,20). The van der Waals surface area contributed by atoms with Gasteiger partial charge in [-0.05, 0) is 44.9 Å². The molecule has 0 saturated carbocycles. The van der Waals surface area contributed by atoms with Crippen molar-refractivity contribution >= 4 is 17.7 Å². The van der Waals surface area contributed by atoms with Crippen LogP contribution in [0.25, 0.3) is 0 Å². The summed E-state index contributed by atoms with van der Waals surface area (Å²) >= 11 is 5.82. The number of alkyl carbamates (subject to hydrolysis) is 1. The predicted octanol–water partition coefficient (Wildman–Crippen LogP) is 3.01. The molecule has 1 rings (SSSR count). The Morgan fingerprint density at radius 2 is 1.95 bits per heavy atom. The Hall–Kier alpha value is -1.40. The van der Waals surface area contributed by atoms with E-state index in [1.807, 2.05) is 0 Å². The summed E-state index contributed by atoms with van der Waals surface area (Å²) in [6.07, 6.45) is -0.388. The zero-order valence-electron chi connectivity index (χ0n) is 12.2. The van der Waals surface area contributed by atoms with E-state index in [4.69, 9.17) is 22.1 Å². The summed E-state index contributed by atoms with van der Waals surface area (Å²) in [5.41, 5.74) is 5.61. The van der Waals surface area contributed by atoms with E-state index in [-0.39, 0.29) is 18.0 Å². The van der Waals surface area contributed by atoms with E-state index in [0.29, 0.717) is 5.56 Å². The molecule has 0 bridgehead atoms. The van der Waals surface area contributed by atoms with Crippen LogP contribution in [0, 0.1) is 11.6 Å². The molecule has 21 heavy (non-hydrogen) atoms. The molecule has 0 aromatic heterocycles. The molecule has 0 saturated heterocycles. The summed E-state index contributed by atoms with van der Waals surface area (Å²) in [4.78, 5) is 11.5. The lowest BCUT2D eigenvalue weighted by Crippen LogP contribution is -2.41. The largest absolute Gasteiger partial charge is 0.444 e. The lowest BCUT2D eigenvalue weighted by molar-refractivity contribution is 0.0524. The number of ether oxygens (including phenoxy) is 1. The van der Waals surface area contributed by atoms with Crippen molar-refractivity contribution in [3.63, 3.8) is 0 Å². The van der Waals surface area contributed by atoms with Gasteiger partial charge in [0, 0.05) is 17.6 Å². The van der Waals surface area contributed by atoms with E-state index < -0.39 is 29.4 Å². The number of nitrogens with two attached hydrogens (primary N) is 1. The summed E-state index contributed by atoms with van der Waals surface area (Å²) in [5.74, 6) is -1.99. The molecule has 7 heteroatoms. The fourth-order valence-corrected chi connectivity index (χ4v) is 1.83. The van der Waals surface area contributed by atoms with Crippen molar-refractivity contribution in [2.45, 2.75) is 38.8 Å². The summed E-state index contributed by atoms with van der Waals surface area (Å²) in [6.45, 7) is 5.36. The molecule has 0 heterocycles. The van der Waals surface area contributed by atoms with Gasteiger partial charge in [0.05, 0.1) is 0 Å². The van der Waals surface area contributed by atoms with Crippen molar-refractivity contribution in [3.05, 3.63) is 34.4 Å². The highest BCUT2D eigenvalue weighted by molar-refractivity contribution is 6.31. The van der Waals surface area contributed by atoms with Gasteiger partial charge in [-0.3, -0.25) is 0 Å². The summed E-state index contributed by atoms with van der Waals surface area (Å²) in [5, 5.41) is 2.61. The van der Waals surface area contributed by atoms with E-state index in [2.05, 4.69) is 5.32 Å². The normalized spacial score (nSPS) is 12.9. The van der Waals surface area contributed by atoms with Gasteiger partial charge < -0.3 is 15.8 Å². The fourth-order valence-electron chi connectivity index (χ4n) is 1.60. The van der Waals surface area contributed by atoms with E-state index in [0.717, 1.165) is 12.1 Å². The molecule has 1 unspecified atom stereocenters. The van der Waals surface area contributed by atoms with Crippen LogP contribution in [0.3, 0.4) is 0 Å². The number of halogens is 3. The maximum atomic E-state index is 13.1. The van der Waals surface area contributed by atoms with E-state index in [9.17, 15) is 13.6 Å². The topological polar surface area (TPSA) is 64.3 Å². The quantitative estimate of drug-likeness (QED) is 0.838. The minimum absolute atomic E-state index is 0.0987. The fraction of sp³-hybridized carbons (Fsp3) is 0.500. The summed E-state index contributed by atoms with van der Waals surface area (Å²) in [6, 6.07) is 1.41. The number of benzene rings is 1. The van der Waals surface area contributed by atoms with E-state index in [1.54, 1.807) is 20.8 Å². The molecule has 1 aromatic carbocycles. The number of rotatable bonds is 4. The first-order valence-corrected chi connectivity index (χ1v) is 6.82. The number of carbonyl (C=O) groups excluding carboxylic acids is 1. The van der Waals surface area contributed by atoms with Gasteiger partial charge in [-0.1, -0.05) is 11.6 Å². The van der Waals surface area contributed by atoms with Crippen LogP contribution in [0.15, 0.2) is 12.1 Å². The molecule has 3 N–H and O–H groups in total. The van der Waals surface area contributed by atoms with Crippen molar-refractivity contribution in [1.82, 2.24) is 5.32 Å². The van der Waals surface area contributed by atoms with Crippen LogP contribution >= 0.6 is 11.6 Å². The summed E-state index contributed by atoms with van der Waals surface area (Å²) in [7, 11) is 0. The SMILES string of the molecule is CC(C)(C)OC(=O)NCC(N)Cc1cc(F)c(F)cc1Cl. The van der Waals surface area contributed by atoms with Crippen LogP contribution < -0.4 is 11.1 Å². The molecule has 4 nitrogen and oxygen atoms in total. The van der Waals surface area contributed by atoms with E-state index in [1.165, 1.54) is 0 Å². The number of hydrogen-bond acceptors (Lipinski definition) is 3. The lowest BCUT2D eigenvalue weighted by Gasteiger charge is -2.21. The third-order valence-electron chi connectivity index (χ3n) is 2.48. The molecule has 0 spiro atoms. The molecule has 1 atom stereocenters. The van der Waals surface area contributed by atoms with Crippen LogP contribution in [0.2, 0.25) is 5.02 Å². The maximum Gasteiger partial charge on any atom is 0.407 e. The average molecular weight is 321 g/mol. The third kappa shape index (κ3) is 6.27. The molecular formula is C14H19ClF2N2O2. The molecule has 0 fully saturated rings. The van der Waals surface area contributed by atoms with Crippen LogP contribution in [0.5, 0.6) is 0 Å². The lowest BCUT2D eigenvalue weighted by atomic mass is 10.1. The molecule has 0 aliphatic rings. The second kappa shape index (κ2) is 7.04. The van der Waals surface area contributed by atoms with Gasteiger partial charge in [-0.2, -0.15) is 0 Å². The Bertz CT molecular complexity index is 518. The maximum absolute atomic E-state index is 13.1. The molecular weight excluding hydrogens is 302 g/mol. The van der Waals surface area contributed by atoms with Crippen molar-refractivity contribution in [3.8, 4) is 0 Å². The first-order valence-electron chi connectivity index (χ1n) is 6.44. The first-order chi connectivity index (χ1) is 9.58. The van der Waals surface area contributed by atoms with Crippen molar-refractivity contribution in [1.29, 1.82) is 0 Å².